The maximum Gasteiger partial charge on any atom is 0.330 e. The summed E-state index contributed by atoms with van der Waals surface area (Å²) < 4.78 is 5.06. The van der Waals surface area contributed by atoms with Gasteiger partial charge < -0.3 is 4.74 Å². The van der Waals surface area contributed by atoms with E-state index in [1.54, 1.807) is 6.08 Å². The smallest absolute Gasteiger partial charge is 0.330 e. The summed E-state index contributed by atoms with van der Waals surface area (Å²) >= 11 is 0. The molecular formula is C15H20O2. The number of rotatable bonds is 6. The molecule has 0 aliphatic heterocycles. The Morgan fingerprint density at radius 2 is 1.94 bits per heavy atom. The molecule has 1 rings (SSSR count). The van der Waals surface area contributed by atoms with Crippen LogP contribution in [0.5, 0.6) is 0 Å². The molecule has 0 unspecified atom stereocenters. The molecule has 2 nitrogen and oxygen atoms in total. The van der Waals surface area contributed by atoms with Crippen LogP contribution in [0.2, 0.25) is 0 Å². The van der Waals surface area contributed by atoms with Crippen molar-refractivity contribution in [3.63, 3.8) is 0 Å². The van der Waals surface area contributed by atoms with E-state index >= 15 is 0 Å². The van der Waals surface area contributed by atoms with Crippen molar-refractivity contribution in [3.8, 4) is 0 Å². The van der Waals surface area contributed by atoms with Crippen LogP contribution in [0, 0.1) is 6.92 Å². The average Bonchev–Trinajstić information content (AvgIpc) is 2.34. The van der Waals surface area contributed by atoms with Crippen LogP contribution in [-0.2, 0) is 9.53 Å². The van der Waals surface area contributed by atoms with Crippen molar-refractivity contribution >= 4 is 12.0 Å². The number of unbranched alkanes of at least 4 members (excludes halogenated alkanes) is 2. The van der Waals surface area contributed by atoms with E-state index in [1.165, 1.54) is 11.6 Å². The maximum absolute atomic E-state index is 11.3. The number of carbonyl (C=O) groups excluding carboxylic acids is 1. The fraction of sp³-hybridized carbons (Fsp3) is 0.400. The van der Waals surface area contributed by atoms with Crippen molar-refractivity contribution in [3.05, 3.63) is 41.5 Å². The Balaban J connectivity index is 2.32. The Bertz CT molecular complexity index is 363. The first kappa shape index (κ1) is 13.5. The highest BCUT2D eigenvalue weighted by Crippen LogP contribution is 2.05. The van der Waals surface area contributed by atoms with Crippen molar-refractivity contribution < 1.29 is 9.53 Å². The van der Waals surface area contributed by atoms with E-state index in [0.29, 0.717) is 6.61 Å². The molecule has 1 aromatic carbocycles. The summed E-state index contributed by atoms with van der Waals surface area (Å²) in [5, 5.41) is 0. The molecule has 0 fully saturated rings. The zero-order valence-electron chi connectivity index (χ0n) is 10.6. The third kappa shape index (κ3) is 5.91. The van der Waals surface area contributed by atoms with Gasteiger partial charge in [0, 0.05) is 6.08 Å². The van der Waals surface area contributed by atoms with Crippen LogP contribution in [0.4, 0.5) is 0 Å². The second-order valence-corrected chi connectivity index (χ2v) is 4.12. The predicted molar refractivity (Wildman–Crippen MR) is 70.7 cm³/mol. The maximum atomic E-state index is 11.3. The van der Waals surface area contributed by atoms with E-state index in [1.807, 2.05) is 31.2 Å². The van der Waals surface area contributed by atoms with Crippen molar-refractivity contribution in [1.82, 2.24) is 0 Å². The van der Waals surface area contributed by atoms with E-state index in [9.17, 15) is 4.79 Å². The number of benzene rings is 1. The molecule has 0 saturated carbocycles. The van der Waals surface area contributed by atoms with Gasteiger partial charge in [-0.25, -0.2) is 4.79 Å². The van der Waals surface area contributed by atoms with Gasteiger partial charge >= 0.3 is 5.97 Å². The van der Waals surface area contributed by atoms with Crippen LogP contribution in [0.15, 0.2) is 30.3 Å². The van der Waals surface area contributed by atoms with Gasteiger partial charge in [-0.2, -0.15) is 0 Å². The average molecular weight is 232 g/mol. The normalized spacial score (nSPS) is 10.7. The van der Waals surface area contributed by atoms with E-state index in [4.69, 9.17) is 4.74 Å². The van der Waals surface area contributed by atoms with Gasteiger partial charge in [-0.05, 0) is 25.0 Å². The highest BCUT2D eigenvalue weighted by Gasteiger charge is 1.96. The topological polar surface area (TPSA) is 26.3 Å². The van der Waals surface area contributed by atoms with Crippen molar-refractivity contribution in [2.24, 2.45) is 0 Å². The first-order valence-corrected chi connectivity index (χ1v) is 6.14. The lowest BCUT2D eigenvalue weighted by molar-refractivity contribution is -0.137. The van der Waals surface area contributed by atoms with Crippen LogP contribution in [0.25, 0.3) is 6.08 Å². The number of esters is 1. The van der Waals surface area contributed by atoms with Crippen LogP contribution in [0.3, 0.4) is 0 Å². The zero-order valence-corrected chi connectivity index (χ0v) is 10.6. The Morgan fingerprint density at radius 1 is 1.24 bits per heavy atom. The van der Waals surface area contributed by atoms with Crippen molar-refractivity contribution in [1.29, 1.82) is 0 Å². The molecule has 0 spiro atoms. The summed E-state index contributed by atoms with van der Waals surface area (Å²) in [7, 11) is 0. The summed E-state index contributed by atoms with van der Waals surface area (Å²) in [6.07, 6.45) is 6.45. The van der Waals surface area contributed by atoms with Crippen LogP contribution >= 0.6 is 0 Å². The minimum Gasteiger partial charge on any atom is -0.463 e. The largest absolute Gasteiger partial charge is 0.463 e. The predicted octanol–water partition coefficient (Wildman–Crippen LogP) is 3.74. The number of hydrogen-bond donors (Lipinski definition) is 0. The summed E-state index contributed by atoms with van der Waals surface area (Å²) in [5.74, 6) is -0.262. The minimum absolute atomic E-state index is 0.262. The van der Waals surface area contributed by atoms with Gasteiger partial charge in [0.25, 0.3) is 0 Å². The standard InChI is InChI=1S/C15H20O2/c1-3-4-5-12-17-15(16)11-10-14-8-6-13(2)7-9-14/h6-11H,3-5,12H2,1-2H3/b11-10+. The second-order valence-electron chi connectivity index (χ2n) is 4.12. The monoisotopic (exact) mass is 232 g/mol. The van der Waals surface area contributed by atoms with Gasteiger partial charge in [-0.1, -0.05) is 49.6 Å². The number of aryl methyl sites for hydroxylation is 1. The number of carbonyl (C=O) groups is 1. The van der Waals surface area contributed by atoms with E-state index in [0.717, 1.165) is 24.8 Å². The Labute approximate surface area is 103 Å². The molecule has 0 N–H and O–H groups in total. The summed E-state index contributed by atoms with van der Waals surface area (Å²) in [6, 6.07) is 8.00. The Hall–Kier alpha value is -1.57. The molecule has 0 aliphatic carbocycles. The highest BCUT2D eigenvalue weighted by atomic mass is 16.5. The summed E-state index contributed by atoms with van der Waals surface area (Å²) in [5.41, 5.74) is 2.23. The van der Waals surface area contributed by atoms with Gasteiger partial charge in [0.15, 0.2) is 0 Å². The Kier molecular flexibility index (Phi) is 6.08. The zero-order chi connectivity index (χ0) is 12.5. The molecule has 0 amide bonds. The second kappa shape index (κ2) is 7.66. The molecule has 0 aliphatic rings. The summed E-state index contributed by atoms with van der Waals surface area (Å²) in [4.78, 5) is 11.3. The first-order valence-electron chi connectivity index (χ1n) is 6.14. The minimum atomic E-state index is -0.262. The Morgan fingerprint density at radius 3 is 2.59 bits per heavy atom. The first-order chi connectivity index (χ1) is 8.22. The molecule has 0 atom stereocenters. The quantitative estimate of drug-likeness (QED) is 0.424. The fourth-order valence-electron chi connectivity index (χ4n) is 1.41. The van der Waals surface area contributed by atoms with E-state index in [-0.39, 0.29) is 5.97 Å². The van der Waals surface area contributed by atoms with Gasteiger partial charge in [0.05, 0.1) is 6.61 Å². The molecule has 1 aromatic rings. The van der Waals surface area contributed by atoms with E-state index < -0.39 is 0 Å². The SMILES string of the molecule is CCCCCOC(=O)/C=C/c1ccc(C)cc1. The van der Waals surface area contributed by atoms with Crippen molar-refractivity contribution in [2.45, 2.75) is 33.1 Å². The fourth-order valence-corrected chi connectivity index (χ4v) is 1.41. The van der Waals surface area contributed by atoms with Gasteiger partial charge in [-0.3, -0.25) is 0 Å². The third-order valence-electron chi connectivity index (χ3n) is 2.48. The lowest BCUT2D eigenvalue weighted by Gasteiger charge is -2.00. The lowest BCUT2D eigenvalue weighted by atomic mass is 10.1. The van der Waals surface area contributed by atoms with Crippen LogP contribution in [-0.4, -0.2) is 12.6 Å². The number of hydrogen-bond acceptors (Lipinski definition) is 2. The molecule has 0 saturated heterocycles. The van der Waals surface area contributed by atoms with Crippen molar-refractivity contribution in [2.75, 3.05) is 6.61 Å². The van der Waals surface area contributed by atoms with Gasteiger partial charge in [-0.15, -0.1) is 0 Å². The van der Waals surface area contributed by atoms with E-state index in [2.05, 4.69) is 6.92 Å². The molecule has 2 heteroatoms. The molecule has 0 bridgehead atoms. The molecule has 0 radical (unpaired) electrons. The van der Waals surface area contributed by atoms with Gasteiger partial charge in [0.2, 0.25) is 0 Å². The molecule has 17 heavy (non-hydrogen) atoms. The molecule has 0 aromatic heterocycles. The number of ether oxygens (including phenoxy) is 1. The van der Waals surface area contributed by atoms with Crippen LogP contribution in [0.1, 0.15) is 37.3 Å². The molecular weight excluding hydrogens is 212 g/mol. The lowest BCUT2D eigenvalue weighted by Crippen LogP contribution is -2.01. The third-order valence-corrected chi connectivity index (χ3v) is 2.48. The van der Waals surface area contributed by atoms with Crippen LogP contribution < -0.4 is 0 Å². The highest BCUT2D eigenvalue weighted by molar-refractivity contribution is 5.87. The summed E-state index contributed by atoms with van der Waals surface area (Å²) in [6.45, 7) is 4.68. The van der Waals surface area contributed by atoms with Gasteiger partial charge in [0.1, 0.15) is 0 Å². The molecule has 0 heterocycles. The molecule has 92 valence electrons.